The van der Waals surface area contributed by atoms with Gasteiger partial charge in [0.2, 0.25) is 0 Å². The Labute approximate surface area is 150 Å². The van der Waals surface area contributed by atoms with Crippen LogP contribution in [0.2, 0.25) is 0 Å². The lowest BCUT2D eigenvalue weighted by molar-refractivity contribution is 0.0602. The van der Waals surface area contributed by atoms with Crippen LogP contribution in [-0.2, 0) is 0 Å². The van der Waals surface area contributed by atoms with Crippen molar-refractivity contribution in [2.24, 2.45) is 11.8 Å². The zero-order chi connectivity index (χ0) is 18.6. The number of likely N-dealkylation sites (tertiary alicyclic amines) is 1. The van der Waals surface area contributed by atoms with Gasteiger partial charge in [-0.2, -0.15) is 5.26 Å². The second-order valence-corrected chi connectivity index (χ2v) is 7.40. The van der Waals surface area contributed by atoms with E-state index >= 15 is 0 Å². The molecule has 1 heterocycles. The lowest BCUT2D eigenvalue weighted by Crippen LogP contribution is -2.49. The first-order valence-corrected chi connectivity index (χ1v) is 8.98. The van der Waals surface area contributed by atoms with Crippen LogP contribution in [0.5, 0.6) is 0 Å². The molecule has 1 aliphatic heterocycles. The first-order valence-electron chi connectivity index (χ1n) is 8.98. The van der Waals surface area contributed by atoms with E-state index in [1.807, 2.05) is 7.05 Å². The smallest absolute Gasteiger partial charge is 0.253 e. The number of nitriles is 1. The van der Waals surface area contributed by atoms with Gasteiger partial charge in [0, 0.05) is 31.1 Å². The summed E-state index contributed by atoms with van der Waals surface area (Å²) in [6.07, 6.45) is 1.80. The van der Waals surface area contributed by atoms with Crippen molar-refractivity contribution in [2.75, 3.05) is 26.7 Å². The molecule has 0 aliphatic carbocycles. The van der Waals surface area contributed by atoms with Crippen molar-refractivity contribution in [3.63, 3.8) is 0 Å². The minimum absolute atomic E-state index is 0.0753. The number of amides is 1. The topological polar surface area (TPSA) is 47.3 Å². The standard InChI is InChI=1S/C20H28FN3O/c1-14(2)19(13-24-9-7-16(12-22)8-10-24)23(4)20(25)17-5-6-18(21)15(3)11-17/h5-6,11,14,16,19H,7-10,13H2,1-4H3. The Morgan fingerprint density at radius 3 is 2.56 bits per heavy atom. The van der Waals surface area contributed by atoms with Gasteiger partial charge in [0.05, 0.1) is 6.07 Å². The van der Waals surface area contributed by atoms with E-state index in [0.717, 1.165) is 32.5 Å². The Balaban J connectivity index is 2.07. The number of hydrogen-bond acceptors (Lipinski definition) is 3. The summed E-state index contributed by atoms with van der Waals surface area (Å²) in [7, 11) is 1.83. The summed E-state index contributed by atoms with van der Waals surface area (Å²) >= 11 is 0. The number of aryl methyl sites for hydroxylation is 1. The SMILES string of the molecule is Cc1cc(C(=O)N(C)C(CN2CCC(C#N)CC2)C(C)C)ccc1F. The molecule has 0 bridgehead atoms. The van der Waals surface area contributed by atoms with Crippen molar-refractivity contribution in [2.45, 2.75) is 39.7 Å². The number of carbonyl (C=O) groups excluding carboxylic acids is 1. The number of rotatable bonds is 5. The predicted molar refractivity (Wildman–Crippen MR) is 96.6 cm³/mol. The summed E-state index contributed by atoms with van der Waals surface area (Å²) in [4.78, 5) is 17.0. The number of nitrogens with zero attached hydrogens (tertiary/aromatic N) is 3. The van der Waals surface area contributed by atoms with Gasteiger partial charge in [-0.1, -0.05) is 13.8 Å². The highest BCUT2D eigenvalue weighted by atomic mass is 19.1. The van der Waals surface area contributed by atoms with Gasteiger partial charge in [-0.25, -0.2) is 4.39 Å². The van der Waals surface area contributed by atoms with Crippen LogP contribution < -0.4 is 0 Å². The third-order valence-electron chi connectivity index (χ3n) is 5.21. The molecule has 0 spiro atoms. The largest absolute Gasteiger partial charge is 0.337 e. The van der Waals surface area contributed by atoms with Crippen LogP contribution in [0.3, 0.4) is 0 Å². The van der Waals surface area contributed by atoms with Gasteiger partial charge in [-0.05, 0) is 62.5 Å². The molecule has 25 heavy (non-hydrogen) atoms. The monoisotopic (exact) mass is 345 g/mol. The molecule has 4 nitrogen and oxygen atoms in total. The fourth-order valence-electron chi connectivity index (χ4n) is 3.42. The van der Waals surface area contributed by atoms with Crippen molar-refractivity contribution in [1.82, 2.24) is 9.80 Å². The molecule has 136 valence electrons. The van der Waals surface area contributed by atoms with E-state index in [-0.39, 0.29) is 23.7 Å². The molecule has 1 fully saturated rings. The molecule has 1 aliphatic rings. The quantitative estimate of drug-likeness (QED) is 0.821. The minimum atomic E-state index is -0.292. The molecule has 1 aromatic carbocycles. The van der Waals surface area contributed by atoms with E-state index in [9.17, 15) is 9.18 Å². The van der Waals surface area contributed by atoms with Gasteiger partial charge < -0.3 is 9.80 Å². The van der Waals surface area contributed by atoms with Crippen LogP contribution in [0.1, 0.15) is 42.6 Å². The van der Waals surface area contributed by atoms with E-state index in [4.69, 9.17) is 5.26 Å². The summed E-state index contributed by atoms with van der Waals surface area (Å²) in [5, 5.41) is 9.03. The number of halogens is 1. The van der Waals surface area contributed by atoms with Gasteiger partial charge in [-0.3, -0.25) is 4.79 Å². The maximum Gasteiger partial charge on any atom is 0.253 e. The lowest BCUT2D eigenvalue weighted by Gasteiger charge is -2.38. The third-order valence-corrected chi connectivity index (χ3v) is 5.21. The van der Waals surface area contributed by atoms with Crippen molar-refractivity contribution < 1.29 is 9.18 Å². The van der Waals surface area contributed by atoms with Gasteiger partial charge in [0.1, 0.15) is 5.82 Å². The number of piperidine rings is 1. The molecule has 0 radical (unpaired) electrons. The maximum atomic E-state index is 13.5. The molecule has 1 amide bonds. The highest BCUT2D eigenvalue weighted by Crippen LogP contribution is 2.20. The van der Waals surface area contributed by atoms with Crippen LogP contribution in [0.15, 0.2) is 18.2 Å². The molecule has 1 aromatic rings. The van der Waals surface area contributed by atoms with E-state index in [2.05, 4.69) is 24.8 Å². The average Bonchev–Trinajstić information content (AvgIpc) is 2.61. The van der Waals surface area contributed by atoms with Crippen LogP contribution in [0.4, 0.5) is 4.39 Å². The van der Waals surface area contributed by atoms with Crippen LogP contribution in [0, 0.1) is 35.9 Å². The number of hydrogen-bond donors (Lipinski definition) is 0. The second-order valence-electron chi connectivity index (χ2n) is 7.40. The summed E-state index contributed by atoms with van der Waals surface area (Å²) in [5.74, 6) is 0.105. The molecule has 1 atom stereocenters. The molecule has 1 saturated heterocycles. The van der Waals surface area contributed by atoms with Crippen molar-refractivity contribution in [1.29, 1.82) is 5.26 Å². The summed E-state index contributed by atoms with van der Waals surface area (Å²) in [6.45, 7) is 8.51. The van der Waals surface area contributed by atoms with Crippen molar-refractivity contribution >= 4 is 5.91 Å². The summed E-state index contributed by atoms with van der Waals surface area (Å²) in [6, 6.07) is 6.95. The Hall–Kier alpha value is -1.93. The van der Waals surface area contributed by atoms with Gasteiger partial charge in [0.25, 0.3) is 5.91 Å². The first-order chi connectivity index (χ1) is 11.8. The predicted octanol–water partition coefficient (Wildman–Crippen LogP) is 3.47. The fraction of sp³-hybridized carbons (Fsp3) is 0.600. The number of likely N-dealkylation sites (N-methyl/N-ethyl adjacent to an activating group) is 1. The zero-order valence-electron chi connectivity index (χ0n) is 15.6. The molecule has 1 unspecified atom stereocenters. The maximum absolute atomic E-state index is 13.5. The normalized spacial score (nSPS) is 17.3. The van der Waals surface area contributed by atoms with Crippen molar-refractivity contribution in [3.8, 4) is 6.07 Å². The molecular formula is C20H28FN3O. The molecule has 0 saturated carbocycles. The minimum Gasteiger partial charge on any atom is -0.337 e. The van der Waals surface area contributed by atoms with Crippen LogP contribution in [-0.4, -0.2) is 48.4 Å². The van der Waals surface area contributed by atoms with E-state index in [0.29, 0.717) is 17.0 Å². The van der Waals surface area contributed by atoms with E-state index in [1.165, 1.54) is 6.07 Å². The summed E-state index contributed by atoms with van der Waals surface area (Å²) < 4.78 is 13.5. The molecule has 0 aromatic heterocycles. The molecule has 2 rings (SSSR count). The highest BCUT2D eigenvalue weighted by Gasteiger charge is 2.28. The van der Waals surface area contributed by atoms with Crippen molar-refractivity contribution in [3.05, 3.63) is 35.1 Å². The number of benzene rings is 1. The van der Waals surface area contributed by atoms with Crippen LogP contribution >= 0.6 is 0 Å². The van der Waals surface area contributed by atoms with E-state index in [1.54, 1.807) is 24.0 Å². The van der Waals surface area contributed by atoms with Crippen LogP contribution in [0.25, 0.3) is 0 Å². The average molecular weight is 345 g/mol. The highest BCUT2D eigenvalue weighted by molar-refractivity contribution is 5.94. The van der Waals surface area contributed by atoms with Gasteiger partial charge in [-0.15, -0.1) is 0 Å². The third kappa shape index (κ3) is 4.79. The Morgan fingerprint density at radius 2 is 2.04 bits per heavy atom. The van der Waals surface area contributed by atoms with Gasteiger partial charge in [0.15, 0.2) is 0 Å². The first kappa shape index (κ1) is 19.4. The Kier molecular flexibility index (Phi) is 6.55. The lowest BCUT2D eigenvalue weighted by atomic mass is 9.96. The Bertz CT molecular complexity index is 645. The summed E-state index contributed by atoms with van der Waals surface area (Å²) in [5.41, 5.74) is 1.01. The van der Waals surface area contributed by atoms with E-state index < -0.39 is 0 Å². The Morgan fingerprint density at radius 1 is 1.40 bits per heavy atom. The fourth-order valence-corrected chi connectivity index (χ4v) is 3.42. The second kappa shape index (κ2) is 8.44. The van der Waals surface area contributed by atoms with Gasteiger partial charge >= 0.3 is 0 Å². The molecular weight excluding hydrogens is 317 g/mol. The number of carbonyl (C=O) groups is 1. The molecule has 5 heteroatoms. The zero-order valence-corrected chi connectivity index (χ0v) is 15.6. The molecule has 0 N–H and O–H groups in total.